The lowest BCUT2D eigenvalue weighted by Gasteiger charge is -2.42. The van der Waals surface area contributed by atoms with E-state index in [0.29, 0.717) is 0 Å². The smallest absolute Gasteiger partial charge is 0.120 e. The van der Waals surface area contributed by atoms with Gasteiger partial charge in [-0.3, -0.25) is 0 Å². The van der Waals surface area contributed by atoms with Crippen molar-refractivity contribution in [3.8, 4) is 5.75 Å². The molecule has 1 unspecified atom stereocenters. The first kappa shape index (κ1) is 13.8. The summed E-state index contributed by atoms with van der Waals surface area (Å²) in [6.45, 7) is 0. The fourth-order valence-electron chi connectivity index (χ4n) is 2.51. The van der Waals surface area contributed by atoms with Gasteiger partial charge in [-0.05, 0) is 43.4 Å². The van der Waals surface area contributed by atoms with Crippen LogP contribution in [0.3, 0.4) is 0 Å². The van der Waals surface area contributed by atoms with Crippen LogP contribution < -0.4 is 10.5 Å². The first-order valence-corrected chi connectivity index (χ1v) is 7.04. The summed E-state index contributed by atoms with van der Waals surface area (Å²) in [4.78, 5) is 0. The maximum Gasteiger partial charge on any atom is 0.120 e. The molecule has 1 aromatic rings. The third-order valence-corrected chi connectivity index (χ3v) is 4.58. The number of nitrogens with two attached hydrogens (primary N) is 1. The van der Waals surface area contributed by atoms with Gasteiger partial charge in [-0.15, -0.1) is 0 Å². The van der Waals surface area contributed by atoms with Gasteiger partial charge in [-0.1, -0.05) is 22.0 Å². The molecule has 1 aromatic carbocycles. The Balaban J connectivity index is 2.11. The average molecular weight is 314 g/mol. The van der Waals surface area contributed by atoms with E-state index in [1.807, 2.05) is 18.2 Å². The van der Waals surface area contributed by atoms with Gasteiger partial charge >= 0.3 is 0 Å². The highest BCUT2D eigenvalue weighted by Crippen LogP contribution is 2.42. The van der Waals surface area contributed by atoms with Crippen molar-refractivity contribution in [1.82, 2.24) is 0 Å². The zero-order chi connectivity index (χ0) is 13.2. The molecule has 0 aliphatic heterocycles. The summed E-state index contributed by atoms with van der Waals surface area (Å²) in [7, 11) is 3.45. The minimum absolute atomic E-state index is 0.00121. The largest absolute Gasteiger partial charge is 0.497 e. The molecule has 0 amide bonds. The highest BCUT2D eigenvalue weighted by atomic mass is 79.9. The Morgan fingerprint density at radius 3 is 2.56 bits per heavy atom. The van der Waals surface area contributed by atoms with Crippen LogP contribution >= 0.6 is 15.9 Å². The summed E-state index contributed by atoms with van der Waals surface area (Å²) < 4.78 is 11.8. The Morgan fingerprint density at radius 1 is 1.39 bits per heavy atom. The minimum Gasteiger partial charge on any atom is -0.497 e. The van der Waals surface area contributed by atoms with Gasteiger partial charge in [0.15, 0.2) is 0 Å². The van der Waals surface area contributed by atoms with E-state index < -0.39 is 0 Å². The monoisotopic (exact) mass is 313 g/mol. The summed E-state index contributed by atoms with van der Waals surface area (Å²) in [5.74, 6) is 0.836. The van der Waals surface area contributed by atoms with Crippen LogP contribution in [0.1, 0.15) is 37.3 Å². The van der Waals surface area contributed by atoms with Crippen LogP contribution in [0.25, 0.3) is 0 Å². The number of benzene rings is 1. The fraction of sp³-hybridized carbons (Fsp3) is 0.571. The molecule has 1 atom stereocenters. The molecule has 100 valence electrons. The van der Waals surface area contributed by atoms with Gasteiger partial charge in [0.05, 0.1) is 12.7 Å². The molecule has 3 nitrogen and oxygen atoms in total. The van der Waals surface area contributed by atoms with E-state index in [0.717, 1.165) is 35.0 Å². The number of ether oxygens (including phenoxy) is 2. The van der Waals surface area contributed by atoms with Gasteiger partial charge in [0.25, 0.3) is 0 Å². The second kappa shape index (κ2) is 5.59. The van der Waals surface area contributed by atoms with Crippen molar-refractivity contribution in [3.63, 3.8) is 0 Å². The Bertz CT molecular complexity index is 413. The van der Waals surface area contributed by atoms with Crippen molar-refractivity contribution in [2.75, 3.05) is 14.2 Å². The van der Waals surface area contributed by atoms with Crippen LogP contribution in [-0.4, -0.2) is 19.8 Å². The number of rotatable bonds is 5. The predicted octanol–water partition coefficient (Wildman–Crippen LogP) is 3.42. The van der Waals surface area contributed by atoms with Crippen LogP contribution in [0.15, 0.2) is 22.7 Å². The van der Waals surface area contributed by atoms with E-state index in [2.05, 4.69) is 15.9 Å². The zero-order valence-corrected chi connectivity index (χ0v) is 12.5. The highest BCUT2D eigenvalue weighted by molar-refractivity contribution is 9.10. The summed E-state index contributed by atoms with van der Waals surface area (Å²) in [5.41, 5.74) is 7.42. The van der Waals surface area contributed by atoms with Crippen molar-refractivity contribution in [2.45, 2.75) is 37.3 Å². The van der Waals surface area contributed by atoms with Gasteiger partial charge in [-0.25, -0.2) is 0 Å². The summed E-state index contributed by atoms with van der Waals surface area (Å²) >= 11 is 3.56. The maximum atomic E-state index is 6.31. The lowest BCUT2D eigenvalue weighted by atomic mass is 9.75. The van der Waals surface area contributed by atoms with E-state index in [1.54, 1.807) is 14.2 Å². The van der Waals surface area contributed by atoms with Gasteiger partial charge in [-0.2, -0.15) is 0 Å². The van der Waals surface area contributed by atoms with E-state index in [1.165, 1.54) is 6.42 Å². The van der Waals surface area contributed by atoms with E-state index in [-0.39, 0.29) is 11.6 Å². The van der Waals surface area contributed by atoms with Gasteiger partial charge in [0.1, 0.15) is 5.75 Å². The third kappa shape index (κ3) is 2.71. The van der Waals surface area contributed by atoms with Crippen molar-refractivity contribution in [1.29, 1.82) is 0 Å². The molecular weight excluding hydrogens is 294 g/mol. The fourth-order valence-corrected chi connectivity index (χ4v) is 3.16. The molecule has 18 heavy (non-hydrogen) atoms. The highest BCUT2D eigenvalue weighted by Gasteiger charge is 2.38. The molecule has 0 heterocycles. The quantitative estimate of drug-likeness (QED) is 0.906. The summed E-state index contributed by atoms with van der Waals surface area (Å²) in [6.07, 6.45) is 4.34. The van der Waals surface area contributed by atoms with Gasteiger partial charge in [0, 0.05) is 17.6 Å². The van der Waals surface area contributed by atoms with Crippen LogP contribution in [-0.2, 0) is 4.74 Å². The molecular formula is C14H20BrNO2. The number of halogens is 1. The number of hydrogen-bond acceptors (Lipinski definition) is 3. The van der Waals surface area contributed by atoms with Crippen molar-refractivity contribution < 1.29 is 9.47 Å². The third-order valence-electron chi connectivity index (χ3n) is 3.90. The minimum atomic E-state index is -0.00877. The maximum absolute atomic E-state index is 6.31. The molecule has 0 aromatic heterocycles. The summed E-state index contributed by atoms with van der Waals surface area (Å²) in [5, 5.41) is 0. The predicted molar refractivity (Wildman–Crippen MR) is 75.8 cm³/mol. The first-order valence-electron chi connectivity index (χ1n) is 6.24. The molecule has 0 radical (unpaired) electrons. The molecule has 1 saturated carbocycles. The van der Waals surface area contributed by atoms with Crippen molar-refractivity contribution in [3.05, 3.63) is 28.2 Å². The number of hydrogen-bond donors (Lipinski definition) is 1. The molecule has 4 heteroatoms. The SMILES string of the molecule is COc1ccc(C(N)CC2(OC)CCC2)c(Br)c1. The van der Waals surface area contributed by atoms with Gasteiger partial charge < -0.3 is 15.2 Å². The van der Waals surface area contributed by atoms with Crippen LogP contribution in [0.5, 0.6) is 5.75 Å². The Kier molecular flexibility index (Phi) is 4.30. The lowest BCUT2D eigenvalue weighted by Crippen LogP contribution is -2.41. The first-order chi connectivity index (χ1) is 8.60. The summed E-state index contributed by atoms with van der Waals surface area (Å²) in [6, 6.07) is 5.91. The average Bonchev–Trinajstić information content (AvgIpc) is 2.33. The van der Waals surface area contributed by atoms with Crippen molar-refractivity contribution >= 4 is 15.9 Å². The normalized spacial score (nSPS) is 19.1. The van der Waals surface area contributed by atoms with Crippen molar-refractivity contribution in [2.24, 2.45) is 5.73 Å². The van der Waals surface area contributed by atoms with Crippen LogP contribution in [0.4, 0.5) is 0 Å². The van der Waals surface area contributed by atoms with Crippen LogP contribution in [0.2, 0.25) is 0 Å². The molecule has 0 saturated heterocycles. The molecule has 2 rings (SSSR count). The van der Waals surface area contributed by atoms with E-state index in [9.17, 15) is 0 Å². The Morgan fingerprint density at radius 2 is 2.11 bits per heavy atom. The Hall–Kier alpha value is -0.580. The van der Waals surface area contributed by atoms with Crippen LogP contribution in [0, 0.1) is 0 Å². The molecule has 2 N–H and O–H groups in total. The molecule has 1 aliphatic carbocycles. The van der Waals surface area contributed by atoms with Gasteiger partial charge in [0.2, 0.25) is 0 Å². The van der Waals surface area contributed by atoms with E-state index >= 15 is 0 Å². The van der Waals surface area contributed by atoms with E-state index in [4.69, 9.17) is 15.2 Å². The lowest BCUT2D eigenvalue weighted by molar-refractivity contribution is -0.0817. The molecule has 1 aliphatic rings. The number of methoxy groups -OCH3 is 2. The molecule has 0 spiro atoms. The molecule has 0 bridgehead atoms. The zero-order valence-electron chi connectivity index (χ0n) is 10.9. The molecule has 1 fully saturated rings. The standard InChI is InChI=1S/C14H20BrNO2/c1-17-10-4-5-11(12(15)8-10)13(16)9-14(18-2)6-3-7-14/h4-5,8,13H,3,6-7,9,16H2,1-2H3. The Labute approximate surface area is 117 Å². The topological polar surface area (TPSA) is 44.5 Å². The second-order valence-corrected chi connectivity index (χ2v) is 5.79. The second-order valence-electron chi connectivity index (χ2n) is 4.94.